The van der Waals surface area contributed by atoms with Crippen LogP contribution in [-0.2, 0) is 18.3 Å². The Kier molecular flexibility index (Phi) is 4.17. The quantitative estimate of drug-likeness (QED) is 0.796. The fraction of sp³-hybridized carbons (Fsp3) is 0.533. The highest BCUT2D eigenvalue weighted by atomic mass is 16.5. The van der Waals surface area contributed by atoms with Gasteiger partial charge in [0.1, 0.15) is 5.75 Å². The summed E-state index contributed by atoms with van der Waals surface area (Å²) in [6, 6.07) is 6.48. The molecule has 0 bridgehead atoms. The van der Waals surface area contributed by atoms with Crippen LogP contribution in [0.4, 0.5) is 0 Å². The lowest BCUT2D eigenvalue weighted by atomic mass is 9.83. The van der Waals surface area contributed by atoms with Gasteiger partial charge in [-0.15, -0.1) is 0 Å². The van der Waals surface area contributed by atoms with E-state index < -0.39 is 0 Å². The minimum absolute atomic E-state index is 0.0285. The number of nitrogens with zero attached hydrogens (tertiary/aromatic N) is 1. The van der Waals surface area contributed by atoms with Gasteiger partial charge in [0.25, 0.3) is 0 Å². The normalized spacial score (nSPS) is 11.1. The molecule has 1 aromatic carbocycles. The Bertz CT molecular complexity index is 435. The van der Waals surface area contributed by atoms with Gasteiger partial charge in [0.2, 0.25) is 0 Å². The van der Waals surface area contributed by atoms with Gasteiger partial charge in [-0.05, 0) is 17.4 Å². The summed E-state index contributed by atoms with van der Waals surface area (Å²) in [5.74, 6) is 0.872. The molecule has 0 spiro atoms. The molecular formula is C15H21NO. The van der Waals surface area contributed by atoms with Crippen molar-refractivity contribution in [3.63, 3.8) is 0 Å². The number of aryl methyl sites for hydroxylation is 1. The molecule has 1 rings (SSSR count). The fourth-order valence-corrected chi connectivity index (χ4v) is 1.97. The largest absolute Gasteiger partial charge is 0.496 e. The summed E-state index contributed by atoms with van der Waals surface area (Å²) in [5, 5.41) is 8.89. The monoisotopic (exact) mass is 231 g/mol. The fourth-order valence-electron chi connectivity index (χ4n) is 1.97. The first-order chi connectivity index (χ1) is 7.93. The summed E-state index contributed by atoms with van der Waals surface area (Å²) in [7, 11) is 1.68. The topological polar surface area (TPSA) is 33.0 Å². The second kappa shape index (κ2) is 5.23. The van der Waals surface area contributed by atoms with Crippen molar-refractivity contribution in [2.24, 2.45) is 0 Å². The summed E-state index contributed by atoms with van der Waals surface area (Å²) in [6.45, 7) is 8.63. The molecule has 0 N–H and O–H groups in total. The highest BCUT2D eigenvalue weighted by Gasteiger charge is 2.21. The molecule has 2 nitrogen and oxygen atoms in total. The minimum atomic E-state index is 0.0285. The van der Waals surface area contributed by atoms with Gasteiger partial charge < -0.3 is 4.74 Å². The third-order valence-corrected chi connectivity index (χ3v) is 2.92. The lowest BCUT2D eigenvalue weighted by Crippen LogP contribution is -2.14. The molecule has 0 aliphatic heterocycles. The van der Waals surface area contributed by atoms with Crippen LogP contribution in [-0.4, -0.2) is 7.11 Å². The van der Waals surface area contributed by atoms with Crippen LogP contribution in [0.3, 0.4) is 0 Å². The average molecular weight is 231 g/mol. The first kappa shape index (κ1) is 13.6. The van der Waals surface area contributed by atoms with Crippen molar-refractivity contribution >= 4 is 0 Å². The predicted molar refractivity (Wildman–Crippen MR) is 70.4 cm³/mol. The maximum atomic E-state index is 8.89. The Balaban J connectivity index is 3.46. The van der Waals surface area contributed by atoms with E-state index in [2.05, 4.69) is 45.9 Å². The Morgan fingerprint density at radius 2 is 1.94 bits per heavy atom. The van der Waals surface area contributed by atoms with Crippen LogP contribution in [0.25, 0.3) is 0 Å². The zero-order chi connectivity index (χ0) is 13.1. The van der Waals surface area contributed by atoms with E-state index in [9.17, 15) is 0 Å². The lowest BCUT2D eigenvalue weighted by molar-refractivity contribution is 0.393. The van der Waals surface area contributed by atoms with Crippen LogP contribution in [0.2, 0.25) is 0 Å². The van der Waals surface area contributed by atoms with Gasteiger partial charge in [-0.2, -0.15) is 5.26 Å². The molecule has 17 heavy (non-hydrogen) atoms. The Morgan fingerprint density at radius 3 is 2.35 bits per heavy atom. The second-order valence-electron chi connectivity index (χ2n) is 5.27. The first-order valence-electron chi connectivity index (χ1n) is 6.01. The number of nitriles is 1. The molecule has 0 saturated heterocycles. The Hall–Kier alpha value is -1.49. The van der Waals surface area contributed by atoms with Crippen LogP contribution in [0.1, 0.15) is 44.4 Å². The van der Waals surface area contributed by atoms with Gasteiger partial charge in [0.05, 0.1) is 19.6 Å². The zero-order valence-corrected chi connectivity index (χ0v) is 11.4. The van der Waals surface area contributed by atoms with E-state index in [0.29, 0.717) is 6.42 Å². The number of hydrogen-bond donors (Lipinski definition) is 0. The van der Waals surface area contributed by atoms with Crippen LogP contribution < -0.4 is 4.74 Å². The number of hydrogen-bond acceptors (Lipinski definition) is 2. The summed E-state index contributed by atoms with van der Waals surface area (Å²) in [4.78, 5) is 0. The molecule has 0 heterocycles. The maximum absolute atomic E-state index is 8.89. The summed E-state index contributed by atoms with van der Waals surface area (Å²) in [6.07, 6.45) is 1.38. The van der Waals surface area contributed by atoms with E-state index in [1.54, 1.807) is 7.11 Å². The number of methoxy groups -OCH3 is 1. The molecule has 0 aliphatic carbocycles. The average Bonchev–Trinajstić information content (AvgIpc) is 2.27. The van der Waals surface area contributed by atoms with Crippen molar-refractivity contribution in [2.75, 3.05) is 7.11 Å². The van der Waals surface area contributed by atoms with Crippen LogP contribution in [0, 0.1) is 11.3 Å². The molecule has 1 aromatic rings. The van der Waals surface area contributed by atoms with Crippen LogP contribution >= 0.6 is 0 Å². The highest BCUT2D eigenvalue weighted by molar-refractivity contribution is 5.49. The molecule has 0 aromatic heterocycles. The molecule has 2 heteroatoms. The smallest absolute Gasteiger partial charge is 0.126 e. The van der Waals surface area contributed by atoms with Crippen molar-refractivity contribution in [3.8, 4) is 11.8 Å². The van der Waals surface area contributed by atoms with Gasteiger partial charge in [0, 0.05) is 11.1 Å². The SMILES string of the molecule is CCc1cc(CC#N)c(OC)c(C(C)(C)C)c1. The Morgan fingerprint density at radius 1 is 1.29 bits per heavy atom. The number of rotatable bonds is 3. The summed E-state index contributed by atoms with van der Waals surface area (Å²) in [5.41, 5.74) is 3.48. The minimum Gasteiger partial charge on any atom is -0.496 e. The van der Waals surface area contributed by atoms with Crippen molar-refractivity contribution < 1.29 is 4.74 Å². The lowest BCUT2D eigenvalue weighted by Gasteiger charge is -2.24. The molecule has 0 radical (unpaired) electrons. The third kappa shape index (κ3) is 3.00. The van der Waals surface area contributed by atoms with E-state index in [0.717, 1.165) is 17.7 Å². The van der Waals surface area contributed by atoms with E-state index >= 15 is 0 Å². The predicted octanol–water partition coefficient (Wildman–Crippen LogP) is 3.62. The number of ether oxygens (including phenoxy) is 1. The molecule has 92 valence electrons. The molecule has 0 fully saturated rings. The van der Waals surface area contributed by atoms with Crippen molar-refractivity contribution in [2.45, 2.75) is 46.0 Å². The maximum Gasteiger partial charge on any atom is 0.126 e. The Labute approximate surface area is 104 Å². The second-order valence-corrected chi connectivity index (χ2v) is 5.27. The van der Waals surface area contributed by atoms with Gasteiger partial charge in [-0.3, -0.25) is 0 Å². The molecule has 0 unspecified atom stereocenters. The standard InChI is InChI=1S/C15H21NO/c1-6-11-9-12(7-8-16)14(17-5)13(10-11)15(2,3)4/h9-10H,6-7H2,1-5H3. The van der Waals surface area contributed by atoms with Crippen molar-refractivity contribution in [1.29, 1.82) is 5.26 Å². The third-order valence-electron chi connectivity index (χ3n) is 2.92. The van der Waals surface area contributed by atoms with E-state index in [1.807, 2.05) is 0 Å². The van der Waals surface area contributed by atoms with Gasteiger partial charge >= 0.3 is 0 Å². The van der Waals surface area contributed by atoms with E-state index in [1.165, 1.54) is 11.1 Å². The van der Waals surface area contributed by atoms with Crippen LogP contribution in [0.15, 0.2) is 12.1 Å². The van der Waals surface area contributed by atoms with Crippen molar-refractivity contribution in [3.05, 3.63) is 28.8 Å². The van der Waals surface area contributed by atoms with E-state index in [4.69, 9.17) is 10.00 Å². The molecule has 0 amide bonds. The zero-order valence-electron chi connectivity index (χ0n) is 11.4. The van der Waals surface area contributed by atoms with Gasteiger partial charge in [-0.25, -0.2) is 0 Å². The summed E-state index contributed by atoms with van der Waals surface area (Å²) < 4.78 is 5.50. The van der Waals surface area contributed by atoms with Crippen LogP contribution in [0.5, 0.6) is 5.75 Å². The van der Waals surface area contributed by atoms with Gasteiger partial charge in [-0.1, -0.05) is 39.8 Å². The van der Waals surface area contributed by atoms with E-state index in [-0.39, 0.29) is 5.41 Å². The first-order valence-corrected chi connectivity index (χ1v) is 6.01. The number of benzene rings is 1. The molecule has 0 saturated carbocycles. The summed E-state index contributed by atoms with van der Waals surface area (Å²) >= 11 is 0. The highest BCUT2D eigenvalue weighted by Crippen LogP contribution is 2.35. The van der Waals surface area contributed by atoms with Gasteiger partial charge in [0.15, 0.2) is 0 Å². The molecule has 0 aliphatic rings. The molecular weight excluding hydrogens is 210 g/mol. The van der Waals surface area contributed by atoms with Crippen molar-refractivity contribution in [1.82, 2.24) is 0 Å². The molecule has 0 atom stereocenters.